The molecule has 37 heavy (non-hydrogen) atoms. The van der Waals surface area contributed by atoms with E-state index < -0.39 is 5.60 Å². The van der Waals surface area contributed by atoms with Crippen LogP contribution in [0.4, 0.5) is 5.95 Å². The third kappa shape index (κ3) is 5.20. The fraction of sp³-hybridized carbons (Fsp3) is 0.370. The maximum atomic E-state index is 14.0. The lowest BCUT2D eigenvalue weighted by Gasteiger charge is -2.37. The molecule has 0 bridgehead atoms. The monoisotopic (exact) mass is 519 g/mol. The summed E-state index contributed by atoms with van der Waals surface area (Å²) in [5, 5.41) is 15.6. The molecule has 1 fully saturated rings. The number of aryl methyl sites for hydroxylation is 1. The maximum Gasteiger partial charge on any atom is 0.260 e. The molecule has 10 heteroatoms. The molecule has 2 N–H and O–H groups in total. The van der Waals surface area contributed by atoms with Gasteiger partial charge in [-0.3, -0.25) is 14.3 Å². The summed E-state index contributed by atoms with van der Waals surface area (Å²) in [4.78, 5) is 33.9. The molecule has 1 saturated heterocycles. The molecule has 1 aliphatic rings. The summed E-state index contributed by atoms with van der Waals surface area (Å²) in [6.07, 6.45) is 6.21. The number of fused-ring (bicyclic) bond motifs is 1. The van der Waals surface area contributed by atoms with Crippen molar-refractivity contribution < 1.29 is 5.11 Å². The predicted molar refractivity (Wildman–Crippen MR) is 146 cm³/mol. The topological polar surface area (TPSA) is 109 Å². The Balaban J connectivity index is 1.63. The minimum atomic E-state index is -1.01. The van der Waals surface area contributed by atoms with Gasteiger partial charge in [0.15, 0.2) is 0 Å². The van der Waals surface area contributed by atoms with E-state index in [0.29, 0.717) is 58.2 Å². The lowest BCUT2D eigenvalue weighted by molar-refractivity contribution is -0.0289. The van der Waals surface area contributed by atoms with Gasteiger partial charge in [-0.25, -0.2) is 9.97 Å². The molecule has 0 aliphatic carbocycles. The van der Waals surface area contributed by atoms with Gasteiger partial charge < -0.3 is 15.3 Å². The number of anilines is 1. The zero-order chi connectivity index (χ0) is 26.2. The smallest absolute Gasteiger partial charge is 0.260 e. The summed E-state index contributed by atoms with van der Waals surface area (Å²) in [6.45, 7) is 6.15. The van der Waals surface area contributed by atoms with Crippen LogP contribution in [0.2, 0.25) is 5.02 Å². The first kappa shape index (κ1) is 25.3. The van der Waals surface area contributed by atoms with E-state index in [1.165, 1.54) is 0 Å². The van der Waals surface area contributed by atoms with E-state index in [2.05, 4.69) is 30.2 Å². The van der Waals surface area contributed by atoms with E-state index in [4.69, 9.17) is 11.6 Å². The second kappa shape index (κ2) is 10.2. The van der Waals surface area contributed by atoms with Gasteiger partial charge in [-0.1, -0.05) is 23.7 Å². The number of aromatic nitrogens is 5. The van der Waals surface area contributed by atoms with Crippen molar-refractivity contribution >= 4 is 28.6 Å². The number of pyridine rings is 1. The van der Waals surface area contributed by atoms with Gasteiger partial charge in [-0.05, 0) is 45.9 Å². The van der Waals surface area contributed by atoms with E-state index in [1.54, 1.807) is 35.3 Å². The number of piperidine rings is 1. The molecule has 0 spiro atoms. The van der Waals surface area contributed by atoms with Crippen LogP contribution in [0.1, 0.15) is 25.5 Å². The highest BCUT2D eigenvalue weighted by molar-refractivity contribution is 6.33. The normalized spacial score (nSPS) is 15.7. The van der Waals surface area contributed by atoms with Gasteiger partial charge in [-0.2, -0.15) is 4.98 Å². The molecule has 5 rings (SSSR count). The lowest BCUT2D eigenvalue weighted by atomic mass is 9.91. The van der Waals surface area contributed by atoms with Gasteiger partial charge in [0.25, 0.3) is 5.56 Å². The number of nitrogens with one attached hydrogen (secondary N) is 1. The third-order valence-corrected chi connectivity index (χ3v) is 7.15. The van der Waals surface area contributed by atoms with Crippen LogP contribution in [0.3, 0.4) is 0 Å². The predicted octanol–water partition coefficient (Wildman–Crippen LogP) is 3.77. The highest BCUT2D eigenvalue weighted by atomic mass is 35.5. The van der Waals surface area contributed by atoms with Crippen molar-refractivity contribution in [3.63, 3.8) is 0 Å². The number of nitrogens with zero attached hydrogens (tertiary/aromatic N) is 6. The van der Waals surface area contributed by atoms with Gasteiger partial charge >= 0.3 is 0 Å². The van der Waals surface area contributed by atoms with Crippen LogP contribution < -0.4 is 10.9 Å². The van der Waals surface area contributed by atoms with Crippen LogP contribution in [-0.4, -0.2) is 66.8 Å². The number of rotatable bonds is 6. The summed E-state index contributed by atoms with van der Waals surface area (Å²) >= 11 is 6.74. The molecule has 0 atom stereocenters. The number of aliphatic hydroxyl groups is 1. The fourth-order valence-electron chi connectivity index (χ4n) is 4.72. The van der Waals surface area contributed by atoms with Gasteiger partial charge in [0, 0.05) is 59.1 Å². The first-order valence-corrected chi connectivity index (χ1v) is 12.8. The van der Waals surface area contributed by atoms with Crippen molar-refractivity contribution in [2.75, 3.05) is 32.0 Å². The molecule has 4 heterocycles. The summed E-state index contributed by atoms with van der Waals surface area (Å²) in [5.74, 6) is 0.438. The molecular formula is C27H30ClN7O2. The van der Waals surface area contributed by atoms with Crippen LogP contribution in [-0.2, 0) is 6.54 Å². The van der Waals surface area contributed by atoms with E-state index in [9.17, 15) is 9.90 Å². The zero-order valence-electron chi connectivity index (χ0n) is 21.2. The van der Waals surface area contributed by atoms with Gasteiger partial charge in [0.1, 0.15) is 5.65 Å². The number of hydrogen-bond acceptors (Lipinski definition) is 8. The molecule has 0 radical (unpaired) electrons. The summed E-state index contributed by atoms with van der Waals surface area (Å²) in [6, 6.07) is 7.28. The van der Waals surface area contributed by atoms with E-state index in [1.807, 2.05) is 33.0 Å². The van der Waals surface area contributed by atoms with Crippen LogP contribution in [0.15, 0.2) is 47.7 Å². The number of benzene rings is 1. The molecule has 1 aliphatic heterocycles. The largest absolute Gasteiger partial charge is 0.388 e. The molecule has 4 aromatic rings. The number of likely N-dealkylation sites (tertiary alicyclic amines) is 1. The fourth-order valence-corrected chi connectivity index (χ4v) is 5.01. The first-order valence-electron chi connectivity index (χ1n) is 12.4. The average molecular weight is 520 g/mol. The van der Waals surface area contributed by atoms with Crippen LogP contribution in [0.25, 0.3) is 33.4 Å². The van der Waals surface area contributed by atoms with Crippen molar-refractivity contribution in [1.82, 2.24) is 29.4 Å². The molecule has 3 aromatic heterocycles. The Labute approximate surface area is 220 Å². The van der Waals surface area contributed by atoms with Crippen LogP contribution in [0, 0.1) is 6.92 Å². The SMILES string of the molecule is CCNc1ncc2cc(-c3ccc(-c4cncc(C)n4)cc3Cl)c(=O)n(CC3(O)CCN(C)CC3)c2n1. The zero-order valence-corrected chi connectivity index (χ0v) is 22.0. The maximum absolute atomic E-state index is 14.0. The summed E-state index contributed by atoms with van der Waals surface area (Å²) in [5.41, 5.74) is 2.56. The lowest BCUT2D eigenvalue weighted by Crippen LogP contribution is -2.47. The Kier molecular flexibility index (Phi) is 6.94. The van der Waals surface area contributed by atoms with E-state index in [-0.39, 0.29) is 12.1 Å². The molecular weight excluding hydrogens is 490 g/mol. The Morgan fingerprint density at radius 1 is 1.11 bits per heavy atom. The Hall–Kier alpha value is -3.40. The standard InChI is InChI=1S/C27H30ClN7O2/c1-4-30-26-31-14-19-11-21(20-6-5-18(12-22(20)28)23-15-29-13-17(2)32-23)25(36)35(24(19)33-26)16-27(37)7-9-34(3)10-8-27/h5-6,11-15,37H,4,7-10,16H2,1-3H3,(H,30,31,33). The Morgan fingerprint density at radius 3 is 2.59 bits per heavy atom. The second-order valence-corrected chi connectivity index (χ2v) is 10.1. The highest BCUT2D eigenvalue weighted by Gasteiger charge is 2.33. The van der Waals surface area contributed by atoms with Crippen molar-refractivity contribution in [2.45, 2.75) is 38.8 Å². The van der Waals surface area contributed by atoms with E-state index >= 15 is 0 Å². The number of halogens is 1. The average Bonchev–Trinajstić information content (AvgIpc) is 2.88. The minimum absolute atomic E-state index is 0.140. The van der Waals surface area contributed by atoms with Gasteiger partial charge in [-0.15, -0.1) is 0 Å². The summed E-state index contributed by atoms with van der Waals surface area (Å²) in [7, 11) is 2.03. The van der Waals surface area contributed by atoms with Gasteiger partial charge in [0.2, 0.25) is 5.95 Å². The van der Waals surface area contributed by atoms with Crippen molar-refractivity contribution in [1.29, 1.82) is 0 Å². The van der Waals surface area contributed by atoms with Crippen LogP contribution >= 0.6 is 11.6 Å². The highest BCUT2D eigenvalue weighted by Crippen LogP contribution is 2.32. The van der Waals surface area contributed by atoms with Crippen molar-refractivity contribution in [3.05, 3.63) is 63.9 Å². The second-order valence-electron chi connectivity index (χ2n) is 9.72. The minimum Gasteiger partial charge on any atom is -0.388 e. The molecule has 0 amide bonds. The molecule has 0 saturated carbocycles. The molecule has 9 nitrogen and oxygen atoms in total. The van der Waals surface area contributed by atoms with Gasteiger partial charge in [0.05, 0.1) is 29.7 Å². The third-order valence-electron chi connectivity index (χ3n) is 6.84. The first-order chi connectivity index (χ1) is 17.8. The molecule has 1 aromatic carbocycles. The molecule has 0 unspecified atom stereocenters. The van der Waals surface area contributed by atoms with Crippen molar-refractivity contribution in [2.24, 2.45) is 0 Å². The van der Waals surface area contributed by atoms with E-state index in [0.717, 1.165) is 24.3 Å². The Morgan fingerprint density at radius 2 is 1.89 bits per heavy atom. The Bertz CT molecular complexity index is 1510. The summed E-state index contributed by atoms with van der Waals surface area (Å²) < 4.78 is 1.58. The quantitative estimate of drug-likeness (QED) is 0.396. The number of hydrogen-bond donors (Lipinski definition) is 2. The van der Waals surface area contributed by atoms with Crippen molar-refractivity contribution in [3.8, 4) is 22.4 Å². The molecule has 192 valence electrons. The van der Waals surface area contributed by atoms with Crippen LogP contribution in [0.5, 0.6) is 0 Å².